The second kappa shape index (κ2) is 6.74. The van der Waals surface area contributed by atoms with Gasteiger partial charge in [-0.15, -0.1) is 0 Å². The van der Waals surface area contributed by atoms with E-state index >= 15 is 0 Å². The molecule has 7 nitrogen and oxygen atoms in total. The molecule has 1 saturated heterocycles. The molecular formula is C15H16N4O3S. The summed E-state index contributed by atoms with van der Waals surface area (Å²) >= 11 is 1.50. The number of carbonyl (C=O) groups excluding carboxylic acids is 1. The summed E-state index contributed by atoms with van der Waals surface area (Å²) in [5.74, 6) is -0.452. The summed E-state index contributed by atoms with van der Waals surface area (Å²) in [7, 11) is 0. The highest BCUT2D eigenvalue weighted by Gasteiger charge is 2.22. The van der Waals surface area contributed by atoms with Gasteiger partial charge in [0.25, 0.3) is 5.91 Å². The molecule has 3 rings (SSSR count). The third kappa shape index (κ3) is 3.65. The normalized spacial score (nSPS) is 15.4. The number of nitrogens with zero attached hydrogens (tertiary/aromatic N) is 3. The molecular weight excluding hydrogens is 316 g/mol. The molecule has 2 aromatic rings. The Morgan fingerprint density at radius 1 is 1.26 bits per heavy atom. The first kappa shape index (κ1) is 15.4. The van der Waals surface area contributed by atoms with E-state index in [9.17, 15) is 9.59 Å². The average Bonchev–Trinajstić information content (AvgIpc) is 3.10. The summed E-state index contributed by atoms with van der Waals surface area (Å²) in [6, 6.07) is 1.96. The zero-order valence-corrected chi connectivity index (χ0v) is 13.1. The predicted molar refractivity (Wildman–Crippen MR) is 86.0 cm³/mol. The summed E-state index contributed by atoms with van der Waals surface area (Å²) in [5, 5.41) is 15.6. The van der Waals surface area contributed by atoms with E-state index in [-0.39, 0.29) is 17.6 Å². The van der Waals surface area contributed by atoms with Crippen LogP contribution < -0.4 is 10.2 Å². The Bertz CT molecular complexity index is 679. The largest absolute Gasteiger partial charge is 0.476 e. The van der Waals surface area contributed by atoms with Crippen molar-refractivity contribution in [2.24, 2.45) is 0 Å². The Kier molecular flexibility index (Phi) is 4.52. The molecule has 0 spiro atoms. The summed E-state index contributed by atoms with van der Waals surface area (Å²) < 4.78 is 0. The average molecular weight is 332 g/mol. The van der Waals surface area contributed by atoms with Crippen LogP contribution in [0.15, 0.2) is 29.2 Å². The first-order valence-electron chi connectivity index (χ1n) is 7.27. The number of hydrogen-bond acceptors (Lipinski definition) is 6. The molecule has 0 saturated carbocycles. The number of piperidine rings is 1. The Labute approximate surface area is 137 Å². The van der Waals surface area contributed by atoms with E-state index in [1.54, 1.807) is 0 Å². The minimum absolute atomic E-state index is 0.0321. The quantitative estimate of drug-likeness (QED) is 0.883. The lowest BCUT2D eigenvalue weighted by molar-refractivity contribution is 0.0689. The maximum Gasteiger partial charge on any atom is 0.356 e. The van der Waals surface area contributed by atoms with Crippen LogP contribution >= 0.6 is 11.3 Å². The summed E-state index contributed by atoms with van der Waals surface area (Å²) in [5.41, 5.74) is 0.638. The highest BCUT2D eigenvalue weighted by molar-refractivity contribution is 7.08. The molecule has 120 valence electrons. The standard InChI is InChI=1S/C15H16N4O3S/c20-14(10-3-6-23-9-10)18-11-1-4-19(5-2-11)13-8-16-12(7-17-13)15(21)22/h3,6-9,11H,1-2,4-5H2,(H,18,20)(H,21,22). The highest BCUT2D eigenvalue weighted by atomic mass is 32.1. The van der Waals surface area contributed by atoms with Crippen LogP contribution in [0.4, 0.5) is 5.82 Å². The van der Waals surface area contributed by atoms with Gasteiger partial charge in [-0.25, -0.2) is 14.8 Å². The molecule has 2 N–H and O–H groups in total. The number of anilines is 1. The van der Waals surface area contributed by atoms with E-state index in [0.29, 0.717) is 11.4 Å². The molecule has 0 radical (unpaired) electrons. The van der Waals surface area contributed by atoms with Crippen molar-refractivity contribution in [3.8, 4) is 0 Å². The van der Waals surface area contributed by atoms with Gasteiger partial charge in [0, 0.05) is 30.1 Å². The van der Waals surface area contributed by atoms with E-state index < -0.39 is 5.97 Å². The molecule has 0 unspecified atom stereocenters. The minimum Gasteiger partial charge on any atom is -0.476 e. The Morgan fingerprint density at radius 2 is 2.04 bits per heavy atom. The van der Waals surface area contributed by atoms with Gasteiger partial charge in [-0.1, -0.05) is 0 Å². The molecule has 23 heavy (non-hydrogen) atoms. The second-order valence-corrected chi connectivity index (χ2v) is 6.09. The van der Waals surface area contributed by atoms with Gasteiger partial charge in [0.05, 0.1) is 12.4 Å². The van der Waals surface area contributed by atoms with Crippen LogP contribution in [-0.2, 0) is 0 Å². The Hall–Kier alpha value is -2.48. The zero-order valence-electron chi connectivity index (χ0n) is 12.3. The lowest BCUT2D eigenvalue weighted by Gasteiger charge is -2.32. The fraction of sp³-hybridized carbons (Fsp3) is 0.333. The van der Waals surface area contributed by atoms with Crippen molar-refractivity contribution in [3.05, 3.63) is 40.5 Å². The molecule has 8 heteroatoms. The molecule has 1 aliphatic rings. The van der Waals surface area contributed by atoms with Gasteiger partial charge in [0.1, 0.15) is 5.82 Å². The van der Waals surface area contributed by atoms with Gasteiger partial charge >= 0.3 is 5.97 Å². The van der Waals surface area contributed by atoms with E-state index in [1.165, 1.54) is 23.7 Å². The van der Waals surface area contributed by atoms with Crippen LogP contribution in [0.25, 0.3) is 0 Å². The van der Waals surface area contributed by atoms with Crippen molar-refractivity contribution < 1.29 is 14.7 Å². The number of aromatic carboxylic acids is 1. The smallest absolute Gasteiger partial charge is 0.356 e. The number of carboxylic acid groups (broad SMARTS) is 1. The Morgan fingerprint density at radius 3 is 2.61 bits per heavy atom. The fourth-order valence-electron chi connectivity index (χ4n) is 2.51. The van der Waals surface area contributed by atoms with Crippen molar-refractivity contribution >= 4 is 29.0 Å². The van der Waals surface area contributed by atoms with Crippen LogP contribution in [-0.4, -0.2) is 46.1 Å². The monoisotopic (exact) mass is 332 g/mol. The number of rotatable bonds is 4. The molecule has 0 bridgehead atoms. The number of hydrogen-bond donors (Lipinski definition) is 2. The number of thiophene rings is 1. The van der Waals surface area contributed by atoms with Gasteiger partial charge in [0.2, 0.25) is 0 Å². The van der Waals surface area contributed by atoms with Crippen LogP contribution in [0.5, 0.6) is 0 Å². The summed E-state index contributed by atoms with van der Waals surface area (Å²) in [4.78, 5) is 32.9. The van der Waals surface area contributed by atoms with Crippen LogP contribution in [0, 0.1) is 0 Å². The third-order valence-electron chi connectivity index (χ3n) is 3.79. The van der Waals surface area contributed by atoms with Crippen molar-refractivity contribution in [2.45, 2.75) is 18.9 Å². The topological polar surface area (TPSA) is 95.4 Å². The second-order valence-electron chi connectivity index (χ2n) is 5.31. The molecule has 1 amide bonds. The summed E-state index contributed by atoms with van der Waals surface area (Å²) in [6.07, 6.45) is 4.38. The van der Waals surface area contributed by atoms with Gasteiger partial charge < -0.3 is 15.3 Å². The van der Waals surface area contributed by atoms with Gasteiger partial charge in [-0.05, 0) is 24.3 Å². The maximum absolute atomic E-state index is 12.0. The summed E-state index contributed by atoms with van der Waals surface area (Å²) in [6.45, 7) is 1.49. The third-order valence-corrected chi connectivity index (χ3v) is 4.48. The predicted octanol–water partition coefficient (Wildman–Crippen LogP) is 1.64. The molecule has 3 heterocycles. The zero-order chi connectivity index (χ0) is 16.2. The van der Waals surface area contributed by atoms with Crippen molar-refractivity contribution in [3.63, 3.8) is 0 Å². The minimum atomic E-state index is -1.08. The lowest BCUT2D eigenvalue weighted by Crippen LogP contribution is -2.44. The van der Waals surface area contributed by atoms with Crippen molar-refractivity contribution in [1.29, 1.82) is 0 Å². The fourth-order valence-corrected chi connectivity index (χ4v) is 3.15. The maximum atomic E-state index is 12.0. The first-order valence-corrected chi connectivity index (χ1v) is 8.21. The molecule has 1 aliphatic heterocycles. The SMILES string of the molecule is O=C(NC1CCN(c2cnc(C(=O)O)cn2)CC1)c1ccsc1. The molecule has 0 aliphatic carbocycles. The van der Waals surface area contributed by atoms with E-state index in [0.717, 1.165) is 25.9 Å². The van der Waals surface area contributed by atoms with E-state index in [2.05, 4.69) is 15.3 Å². The van der Waals surface area contributed by atoms with Gasteiger partial charge in [-0.2, -0.15) is 11.3 Å². The molecule has 0 aromatic carbocycles. The van der Waals surface area contributed by atoms with Crippen molar-refractivity contribution in [1.82, 2.24) is 15.3 Å². The van der Waals surface area contributed by atoms with E-state index in [4.69, 9.17) is 5.11 Å². The molecule has 1 fully saturated rings. The number of carbonyl (C=O) groups is 2. The van der Waals surface area contributed by atoms with E-state index in [1.807, 2.05) is 21.7 Å². The molecule has 2 aromatic heterocycles. The molecule has 0 atom stereocenters. The Balaban J connectivity index is 1.54. The highest BCUT2D eigenvalue weighted by Crippen LogP contribution is 2.17. The van der Waals surface area contributed by atoms with Crippen LogP contribution in [0.3, 0.4) is 0 Å². The lowest BCUT2D eigenvalue weighted by atomic mass is 10.0. The first-order chi connectivity index (χ1) is 11.1. The van der Waals surface area contributed by atoms with Gasteiger partial charge in [0.15, 0.2) is 5.69 Å². The van der Waals surface area contributed by atoms with Crippen molar-refractivity contribution in [2.75, 3.05) is 18.0 Å². The van der Waals surface area contributed by atoms with Gasteiger partial charge in [-0.3, -0.25) is 4.79 Å². The number of amides is 1. The van der Waals surface area contributed by atoms with Crippen LogP contribution in [0.2, 0.25) is 0 Å². The van der Waals surface area contributed by atoms with Crippen LogP contribution in [0.1, 0.15) is 33.7 Å². The number of aromatic nitrogens is 2. The number of nitrogens with one attached hydrogen (secondary N) is 1. The number of carboxylic acids is 1.